The highest BCUT2D eigenvalue weighted by Crippen LogP contribution is 2.19. The molecule has 0 radical (unpaired) electrons. The number of hydrogen-bond acceptors (Lipinski definition) is 4. The van der Waals surface area contributed by atoms with Crippen LogP contribution in [0.3, 0.4) is 0 Å². The lowest BCUT2D eigenvalue weighted by Crippen LogP contribution is -2.38. The fraction of sp³-hybridized carbons (Fsp3) is 0.250. The van der Waals surface area contributed by atoms with Crippen LogP contribution in [0.1, 0.15) is 23.3 Å². The van der Waals surface area contributed by atoms with E-state index in [1.165, 1.54) is 22.5 Å². The van der Waals surface area contributed by atoms with Crippen molar-refractivity contribution < 1.29 is 4.79 Å². The third-order valence-corrected chi connectivity index (χ3v) is 4.63. The Kier molecular flexibility index (Phi) is 4.00. The summed E-state index contributed by atoms with van der Waals surface area (Å²) in [6.07, 6.45) is 1.42. The van der Waals surface area contributed by atoms with E-state index in [2.05, 4.69) is 20.9 Å². The average Bonchev–Trinajstić information content (AvgIpc) is 3.02. The van der Waals surface area contributed by atoms with Gasteiger partial charge in [-0.1, -0.05) is 28.1 Å². The second kappa shape index (κ2) is 5.86. The van der Waals surface area contributed by atoms with E-state index >= 15 is 0 Å². The van der Waals surface area contributed by atoms with Crippen LogP contribution < -0.4 is 11.2 Å². The molecule has 0 bridgehead atoms. The summed E-state index contributed by atoms with van der Waals surface area (Å²) in [7, 11) is 2.95. The monoisotopic (exact) mass is 390 g/mol. The minimum absolute atomic E-state index is 0.141. The SMILES string of the molecule is CC(C(=O)c1ccc(Br)cc1)n1cnc2c1c(=O)n(C)c(=O)n2C. The number of benzene rings is 1. The van der Waals surface area contributed by atoms with E-state index in [1.54, 1.807) is 38.2 Å². The Labute approximate surface area is 145 Å². The summed E-state index contributed by atoms with van der Waals surface area (Å²) in [5, 5.41) is 0. The van der Waals surface area contributed by atoms with Crippen molar-refractivity contribution in [3.8, 4) is 0 Å². The van der Waals surface area contributed by atoms with Crippen molar-refractivity contribution in [3.63, 3.8) is 0 Å². The van der Waals surface area contributed by atoms with Crippen molar-refractivity contribution in [2.24, 2.45) is 14.1 Å². The van der Waals surface area contributed by atoms with Gasteiger partial charge in [0, 0.05) is 24.1 Å². The van der Waals surface area contributed by atoms with Crippen LogP contribution in [0.5, 0.6) is 0 Å². The molecular formula is C16H15BrN4O3. The van der Waals surface area contributed by atoms with Gasteiger partial charge in [0.05, 0.1) is 12.4 Å². The van der Waals surface area contributed by atoms with E-state index in [-0.39, 0.29) is 16.9 Å². The quantitative estimate of drug-likeness (QED) is 0.636. The maximum Gasteiger partial charge on any atom is 0.332 e. The molecule has 0 saturated carbocycles. The Balaban J connectivity index is 2.16. The van der Waals surface area contributed by atoms with Crippen LogP contribution in [0.4, 0.5) is 0 Å². The molecule has 0 aliphatic carbocycles. The third kappa shape index (κ3) is 2.43. The zero-order valence-electron chi connectivity index (χ0n) is 13.4. The van der Waals surface area contributed by atoms with Crippen LogP contribution in [0, 0.1) is 0 Å². The first-order chi connectivity index (χ1) is 11.3. The van der Waals surface area contributed by atoms with Crippen molar-refractivity contribution in [2.75, 3.05) is 0 Å². The molecule has 0 aliphatic heterocycles. The average molecular weight is 391 g/mol. The second-order valence-electron chi connectivity index (χ2n) is 5.58. The minimum atomic E-state index is -0.624. The number of aromatic nitrogens is 4. The molecule has 0 spiro atoms. The predicted molar refractivity (Wildman–Crippen MR) is 93.4 cm³/mol. The Morgan fingerprint density at radius 2 is 1.75 bits per heavy atom. The van der Waals surface area contributed by atoms with Crippen molar-refractivity contribution in [2.45, 2.75) is 13.0 Å². The summed E-state index contributed by atoms with van der Waals surface area (Å²) in [5.41, 5.74) is 0.107. The van der Waals surface area contributed by atoms with E-state index < -0.39 is 17.3 Å². The van der Waals surface area contributed by atoms with Crippen LogP contribution in [0.2, 0.25) is 0 Å². The fourth-order valence-corrected chi connectivity index (χ4v) is 2.90. The van der Waals surface area contributed by atoms with Crippen LogP contribution in [0.15, 0.2) is 44.7 Å². The van der Waals surface area contributed by atoms with Crippen LogP contribution in [0.25, 0.3) is 11.2 Å². The molecule has 7 nitrogen and oxygen atoms in total. The Morgan fingerprint density at radius 3 is 2.38 bits per heavy atom. The Bertz CT molecular complexity index is 1060. The maximum absolute atomic E-state index is 12.7. The molecule has 2 heterocycles. The summed E-state index contributed by atoms with van der Waals surface area (Å²) in [5.74, 6) is -0.141. The van der Waals surface area contributed by atoms with Gasteiger partial charge < -0.3 is 4.57 Å². The van der Waals surface area contributed by atoms with E-state index in [1.807, 2.05) is 0 Å². The number of aryl methyl sites for hydroxylation is 1. The lowest BCUT2D eigenvalue weighted by atomic mass is 10.1. The largest absolute Gasteiger partial charge is 0.332 e. The zero-order chi connectivity index (χ0) is 17.6. The maximum atomic E-state index is 12.7. The topological polar surface area (TPSA) is 78.9 Å². The summed E-state index contributed by atoms with van der Waals surface area (Å²) >= 11 is 3.33. The highest BCUT2D eigenvalue weighted by Gasteiger charge is 2.22. The molecule has 8 heteroatoms. The van der Waals surface area contributed by atoms with Gasteiger partial charge in [0.25, 0.3) is 5.56 Å². The summed E-state index contributed by atoms with van der Waals surface area (Å²) in [6.45, 7) is 1.70. The van der Waals surface area contributed by atoms with Gasteiger partial charge in [0.1, 0.15) is 0 Å². The molecule has 3 aromatic rings. The van der Waals surface area contributed by atoms with Crippen LogP contribution in [-0.4, -0.2) is 24.5 Å². The smallest absolute Gasteiger partial charge is 0.314 e. The molecule has 3 rings (SSSR count). The van der Waals surface area contributed by atoms with Crippen LogP contribution in [-0.2, 0) is 14.1 Å². The first-order valence-corrected chi connectivity index (χ1v) is 8.04. The normalized spacial score (nSPS) is 12.5. The van der Waals surface area contributed by atoms with Crippen LogP contribution >= 0.6 is 15.9 Å². The Morgan fingerprint density at radius 1 is 1.12 bits per heavy atom. The number of ketones is 1. The molecule has 124 valence electrons. The third-order valence-electron chi connectivity index (χ3n) is 4.10. The number of carbonyl (C=O) groups excluding carboxylic acids is 1. The first-order valence-electron chi connectivity index (χ1n) is 7.25. The zero-order valence-corrected chi connectivity index (χ0v) is 14.9. The molecule has 0 aliphatic rings. The molecule has 1 unspecified atom stereocenters. The van der Waals surface area contributed by atoms with Gasteiger partial charge in [0.2, 0.25) is 0 Å². The van der Waals surface area contributed by atoms with Gasteiger partial charge in [-0.3, -0.25) is 18.7 Å². The molecule has 0 amide bonds. The van der Waals surface area contributed by atoms with E-state index in [9.17, 15) is 14.4 Å². The molecule has 2 aromatic heterocycles. The minimum Gasteiger partial charge on any atom is -0.314 e. The van der Waals surface area contributed by atoms with Crippen molar-refractivity contribution in [3.05, 3.63) is 61.5 Å². The molecule has 24 heavy (non-hydrogen) atoms. The highest BCUT2D eigenvalue weighted by atomic mass is 79.9. The molecular weight excluding hydrogens is 376 g/mol. The van der Waals surface area contributed by atoms with Crippen molar-refractivity contribution >= 4 is 32.9 Å². The highest BCUT2D eigenvalue weighted by molar-refractivity contribution is 9.10. The van der Waals surface area contributed by atoms with Crippen molar-refractivity contribution in [1.29, 1.82) is 0 Å². The molecule has 0 N–H and O–H groups in total. The summed E-state index contributed by atoms with van der Waals surface area (Å²) in [6, 6.07) is 6.39. The molecule has 0 fully saturated rings. The first kappa shape index (κ1) is 16.4. The van der Waals surface area contributed by atoms with Crippen molar-refractivity contribution in [1.82, 2.24) is 18.7 Å². The lowest BCUT2D eigenvalue weighted by molar-refractivity contribution is 0.0936. The predicted octanol–water partition coefficient (Wildman–Crippen LogP) is 1.64. The van der Waals surface area contributed by atoms with Gasteiger partial charge in [-0.25, -0.2) is 9.78 Å². The number of nitrogens with zero attached hydrogens (tertiary/aromatic N) is 4. The van der Waals surface area contributed by atoms with Gasteiger partial charge in [-0.2, -0.15) is 0 Å². The number of rotatable bonds is 3. The Hall–Kier alpha value is -2.48. The number of halogens is 1. The van der Waals surface area contributed by atoms with Gasteiger partial charge in [-0.15, -0.1) is 0 Å². The van der Waals surface area contributed by atoms with Gasteiger partial charge in [-0.05, 0) is 19.1 Å². The molecule has 1 aromatic carbocycles. The van der Waals surface area contributed by atoms with Gasteiger partial charge >= 0.3 is 5.69 Å². The molecule has 1 atom stereocenters. The van der Waals surface area contributed by atoms with Gasteiger partial charge in [0.15, 0.2) is 16.9 Å². The second-order valence-corrected chi connectivity index (χ2v) is 6.49. The van der Waals surface area contributed by atoms with E-state index in [4.69, 9.17) is 0 Å². The standard InChI is InChI=1S/C16H15BrN4O3/c1-9(13(22)10-4-6-11(17)7-5-10)21-8-18-14-12(21)15(23)20(3)16(24)19(14)2/h4-9H,1-3H3. The fourth-order valence-electron chi connectivity index (χ4n) is 2.64. The number of imidazole rings is 1. The number of fused-ring (bicyclic) bond motifs is 1. The summed E-state index contributed by atoms with van der Waals surface area (Å²) < 4.78 is 4.70. The number of carbonyl (C=O) groups is 1. The lowest BCUT2D eigenvalue weighted by Gasteiger charge is -2.14. The number of Topliss-reactive ketones (excluding diaryl/α,β-unsaturated/α-hetero) is 1. The molecule has 0 saturated heterocycles. The summed E-state index contributed by atoms with van der Waals surface area (Å²) in [4.78, 5) is 41.3. The van der Waals surface area contributed by atoms with E-state index in [0.29, 0.717) is 5.56 Å². The number of hydrogen-bond donors (Lipinski definition) is 0. The van der Waals surface area contributed by atoms with E-state index in [0.717, 1.165) is 9.04 Å².